The molecular formula is C7H10O3. The molecule has 3 heteroatoms. The van der Waals surface area contributed by atoms with Crippen LogP contribution in [-0.2, 0) is 14.3 Å². The van der Waals surface area contributed by atoms with E-state index < -0.39 is 0 Å². The summed E-state index contributed by atoms with van der Waals surface area (Å²) in [5.41, 5.74) is 0. The summed E-state index contributed by atoms with van der Waals surface area (Å²) in [4.78, 5) is 10.8. The van der Waals surface area contributed by atoms with Gasteiger partial charge < -0.3 is 9.47 Å². The van der Waals surface area contributed by atoms with Gasteiger partial charge in [-0.3, -0.25) is 0 Å². The molecule has 1 aliphatic rings. The van der Waals surface area contributed by atoms with Crippen molar-refractivity contribution >= 4 is 5.97 Å². The van der Waals surface area contributed by atoms with E-state index in [2.05, 4.69) is 4.74 Å². The second-order valence-electron chi connectivity index (χ2n) is 2.05. The summed E-state index contributed by atoms with van der Waals surface area (Å²) in [5, 5.41) is 0. The van der Waals surface area contributed by atoms with Crippen LogP contribution in [0.2, 0.25) is 0 Å². The number of hydrogen-bond donors (Lipinski definition) is 0. The largest absolute Gasteiger partial charge is 0.467 e. The summed E-state index contributed by atoms with van der Waals surface area (Å²) in [7, 11) is 1.37. The van der Waals surface area contributed by atoms with Crippen LogP contribution in [0.4, 0.5) is 0 Å². The van der Waals surface area contributed by atoms with E-state index in [4.69, 9.17) is 4.74 Å². The van der Waals surface area contributed by atoms with E-state index in [-0.39, 0.29) is 12.1 Å². The van der Waals surface area contributed by atoms with Crippen molar-refractivity contribution in [3.8, 4) is 0 Å². The van der Waals surface area contributed by atoms with Crippen LogP contribution in [0.1, 0.15) is 6.42 Å². The fourth-order valence-corrected chi connectivity index (χ4v) is 0.823. The fraction of sp³-hybridized carbons (Fsp3) is 0.571. The monoisotopic (exact) mass is 142 g/mol. The van der Waals surface area contributed by atoms with Gasteiger partial charge in [0.15, 0.2) is 6.10 Å². The quantitative estimate of drug-likeness (QED) is 0.395. The van der Waals surface area contributed by atoms with Crippen molar-refractivity contribution in [2.75, 3.05) is 13.7 Å². The van der Waals surface area contributed by atoms with Crippen LogP contribution >= 0.6 is 0 Å². The topological polar surface area (TPSA) is 35.5 Å². The first-order chi connectivity index (χ1) is 4.84. The van der Waals surface area contributed by atoms with Crippen molar-refractivity contribution in [3.63, 3.8) is 0 Å². The molecule has 0 bridgehead atoms. The maximum Gasteiger partial charge on any atom is 0.335 e. The van der Waals surface area contributed by atoms with Crippen molar-refractivity contribution in [3.05, 3.63) is 12.2 Å². The smallest absolute Gasteiger partial charge is 0.335 e. The Morgan fingerprint density at radius 2 is 2.50 bits per heavy atom. The third-order valence-electron chi connectivity index (χ3n) is 1.37. The Balaban J connectivity index is 2.41. The van der Waals surface area contributed by atoms with Gasteiger partial charge in [-0.05, 0) is 0 Å². The zero-order chi connectivity index (χ0) is 7.40. The summed E-state index contributed by atoms with van der Waals surface area (Å²) >= 11 is 0. The van der Waals surface area contributed by atoms with E-state index in [1.54, 1.807) is 0 Å². The van der Waals surface area contributed by atoms with Crippen LogP contribution in [0.3, 0.4) is 0 Å². The van der Waals surface area contributed by atoms with Gasteiger partial charge in [0.2, 0.25) is 0 Å². The second-order valence-corrected chi connectivity index (χ2v) is 2.05. The molecule has 0 N–H and O–H groups in total. The lowest BCUT2D eigenvalue weighted by Crippen LogP contribution is -2.26. The van der Waals surface area contributed by atoms with E-state index in [9.17, 15) is 4.79 Å². The number of esters is 1. The van der Waals surface area contributed by atoms with Crippen LogP contribution in [0.15, 0.2) is 12.2 Å². The number of carbonyl (C=O) groups is 1. The standard InChI is InChI=1S/C7H10O3/c1-9-7(8)6-4-2-3-5-10-6/h2-3,6H,4-5H2,1H3/t6-/m0/s1. The Bertz CT molecular complexity index is 151. The van der Waals surface area contributed by atoms with Gasteiger partial charge in [-0.15, -0.1) is 0 Å². The predicted octanol–water partition coefficient (Wildman–Crippen LogP) is 0.504. The normalized spacial score (nSPS) is 24.3. The average molecular weight is 142 g/mol. The first-order valence-corrected chi connectivity index (χ1v) is 3.19. The molecule has 0 saturated carbocycles. The third-order valence-corrected chi connectivity index (χ3v) is 1.37. The lowest BCUT2D eigenvalue weighted by Gasteiger charge is -2.15. The van der Waals surface area contributed by atoms with Gasteiger partial charge in [0.1, 0.15) is 0 Å². The molecule has 0 spiro atoms. The summed E-state index contributed by atoms with van der Waals surface area (Å²) in [5.74, 6) is -0.288. The molecular weight excluding hydrogens is 132 g/mol. The van der Waals surface area contributed by atoms with Crippen LogP contribution in [0, 0.1) is 0 Å². The highest BCUT2D eigenvalue weighted by molar-refractivity contribution is 5.74. The van der Waals surface area contributed by atoms with Gasteiger partial charge in [-0.2, -0.15) is 0 Å². The van der Waals surface area contributed by atoms with E-state index in [0.29, 0.717) is 13.0 Å². The van der Waals surface area contributed by atoms with Crippen LogP contribution in [0.25, 0.3) is 0 Å². The van der Waals surface area contributed by atoms with Crippen LogP contribution in [-0.4, -0.2) is 25.8 Å². The van der Waals surface area contributed by atoms with Crippen LogP contribution < -0.4 is 0 Å². The van der Waals surface area contributed by atoms with Gasteiger partial charge in [0.25, 0.3) is 0 Å². The first kappa shape index (κ1) is 7.28. The van der Waals surface area contributed by atoms with E-state index in [1.165, 1.54) is 7.11 Å². The molecule has 0 amide bonds. The maximum atomic E-state index is 10.8. The van der Waals surface area contributed by atoms with Gasteiger partial charge in [0, 0.05) is 6.42 Å². The van der Waals surface area contributed by atoms with E-state index in [1.807, 2.05) is 12.2 Å². The number of hydrogen-bond acceptors (Lipinski definition) is 3. The molecule has 56 valence electrons. The molecule has 1 heterocycles. The van der Waals surface area contributed by atoms with Crippen molar-refractivity contribution < 1.29 is 14.3 Å². The lowest BCUT2D eigenvalue weighted by molar-refractivity contribution is -0.153. The maximum absolute atomic E-state index is 10.8. The number of rotatable bonds is 1. The highest BCUT2D eigenvalue weighted by atomic mass is 16.6. The molecule has 3 nitrogen and oxygen atoms in total. The van der Waals surface area contributed by atoms with Crippen molar-refractivity contribution in [1.82, 2.24) is 0 Å². The zero-order valence-corrected chi connectivity index (χ0v) is 5.87. The summed E-state index contributed by atoms with van der Waals surface area (Å²) in [6.45, 7) is 0.514. The molecule has 1 aliphatic heterocycles. The highest BCUT2D eigenvalue weighted by Gasteiger charge is 2.19. The molecule has 0 aromatic rings. The van der Waals surface area contributed by atoms with Gasteiger partial charge in [0.05, 0.1) is 13.7 Å². The molecule has 1 atom stereocenters. The Labute approximate surface area is 59.6 Å². The summed E-state index contributed by atoms with van der Waals surface area (Å²) < 4.78 is 9.56. The summed E-state index contributed by atoms with van der Waals surface area (Å²) in [6.07, 6.45) is 4.06. The number of methoxy groups -OCH3 is 1. The Hall–Kier alpha value is -0.830. The molecule has 0 radical (unpaired) electrons. The molecule has 0 aromatic carbocycles. The zero-order valence-electron chi connectivity index (χ0n) is 5.87. The van der Waals surface area contributed by atoms with E-state index in [0.717, 1.165) is 0 Å². The second kappa shape index (κ2) is 3.37. The Kier molecular flexibility index (Phi) is 2.45. The Morgan fingerprint density at radius 1 is 1.70 bits per heavy atom. The Morgan fingerprint density at radius 3 is 3.00 bits per heavy atom. The highest BCUT2D eigenvalue weighted by Crippen LogP contribution is 2.06. The summed E-state index contributed by atoms with van der Waals surface area (Å²) in [6, 6.07) is 0. The fourth-order valence-electron chi connectivity index (χ4n) is 0.823. The van der Waals surface area contributed by atoms with Gasteiger partial charge in [-0.1, -0.05) is 12.2 Å². The van der Waals surface area contributed by atoms with Crippen molar-refractivity contribution in [2.45, 2.75) is 12.5 Å². The predicted molar refractivity (Wildman–Crippen MR) is 35.5 cm³/mol. The first-order valence-electron chi connectivity index (χ1n) is 3.19. The van der Waals surface area contributed by atoms with Gasteiger partial charge >= 0.3 is 5.97 Å². The molecule has 0 saturated heterocycles. The molecule has 0 unspecified atom stereocenters. The molecule has 0 aromatic heterocycles. The lowest BCUT2D eigenvalue weighted by atomic mass is 10.2. The van der Waals surface area contributed by atoms with Gasteiger partial charge in [-0.25, -0.2) is 4.79 Å². The number of carbonyl (C=O) groups excluding carboxylic acids is 1. The minimum atomic E-state index is -0.380. The van der Waals surface area contributed by atoms with E-state index >= 15 is 0 Å². The van der Waals surface area contributed by atoms with Crippen LogP contribution in [0.5, 0.6) is 0 Å². The average Bonchev–Trinajstić information content (AvgIpc) is 2.05. The molecule has 1 rings (SSSR count). The minimum absolute atomic E-state index is 0.288. The molecule has 10 heavy (non-hydrogen) atoms. The van der Waals surface area contributed by atoms with Crippen molar-refractivity contribution in [2.24, 2.45) is 0 Å². The molecule has 0 aliphatic carbocycles. The van der Waals surface area contributed by atoms with Crippen molar-refractivity contribution in [1.29, 1.82) is 0 Å². The SMILES string of the molecule is COC(=O)[C@@H]1CC=CCO1. The number of ether oxygens (including phenoxy) is 2. The third kappa shape index (κ3) is 1.57. The molecule has 0 fully saturated rings. The minimum Gasteiger partial charge on any atom is -0.467 e.